The minimum Gasteiger partial charge on any atom is -0.338 e. The number of hydrogen-bond donors (Lipinski definition) is 2. The van der Waals surface area contributed by atoms with Crippen LogP contribution in [0.4, 0.5) is 5.95 Å². The van der Waals surface area contributed by atoms with Crippen LogP contribution < -0.4 is 10.4 Å². The van der Waals surface area contributed by atoms with Gasteiger partial charge >= 0.3 is 0 Å². The molecule has 1 aromatic heterocycles. The molecule has 3 aromatic rings. The second-order valence-electron chi connectivity index (χ2n) is 8.34. The third-order valence-electron chi connectivity index (χ3n) is 5.57. The lowest BCUT2D eigenvalue weighted by Crippen LogP contribution is -2.47. The largest absolute Gasteiger partial charge is 0.338 e. The highest BCUT2D eigenvalue weighted by Gasteiger charge is 2.24. The lowest BCUT2D eigenvalue weighted by atomic mass is 10.0. The molecular weight excluding hydrogens is 452 g/mol. The maximum atomic E-state index is 13.1. The van der Waals surface area contributed by atoms with Crippen molar-refractivity contribution in [2.75, 3.05) is 45.2 Å². The molecule has 2 N–H and O–H groups in total. The predicted molar refractivity (Wildman–Crippen MR) is 131 cm³/mol. The van der Waals surface area contributed by atoms with E-state index in [9.17, 15) is 9.00 Å². The molecule has 1 amide bonds. The average molecular weight is 481 g/mol. The van der Waals surface area contributed by atoms with E-state index in [1.54, 1.807) is 5.48 Å². The lowest BCUT2D eigenvalue weighted by Gasteiger charge is -2.33. The van der Waals surface area contributed by atoms with Crippen molar-refractivity contribution < 1.29 is 14.2 Å². The number of aromatic nitrogens is 2. The zero-order chi connectivity index (χ0) is 24.1. The van der Waals surface area contributed by atoms with Crippen LogP contribution in [0.3, 0.4) is 0 Å². The summed E-state index contributed by atoms with van der Waals surface area (Å²) < 4.78 is 15.1. The van der Waals surface area contributed by atoms with Crippen molar-refractivity contribution in [3.8, 4) is 11.1 Å². The molecule has 1 atom stereocenters. The van der Waals surface area contributed by atoms with E-state index in [1.165, 1.54) is 18.0 Å². The molecule has 0 bridgehead atoms. The Morgan fingerprint density at radius 2 is 1.71 bits per heavy atom. The van der Waals surface area contributed by atoms with Gasteiger partial charge in [-0.05, 0) is 49.0 Å². The summed E-state index contributed by atoms with van der Waals surface area (Å²) in [6, 6.07) is 16.4. The molecule has 1 unspecified atom stereocenters. The van der Waals surface area contributed by atoms with Crippen molar-refractivity contribution >= 4 is 22.8 Å². The van der Waals surface area contributed by atoms with Gasteiger partial charge in [0.05, 0.1) is 10.5 Å². The maximum absolute atomic E-state index is 13.1. The van der Waals surface area contributed by atoms with E-state index >= 15 is 0 Å². The van der Waals surface area contributed by atoms with Crippen molar-refractivity contribution in [1.29, 1.82) is 0 Å². The molecule has 2 heterocycles. The van der Waals surface area contributed by atoms with Crippen LogP contribution in [0.25, 0.3) is 11.1 Å². The molecule has 10 heteroatoms. The van der Waals surface area contributed by atoms with E-state index in [1.807, 2.05) is 33.5 Å². The second kappa shape index (κ2) is 10.8. The highest BCUT2D eigenvalue weighted by molar-refractivity contribution is 7.82. The van der Waals surface area contributed by atoms with Crippen LogP contribution in [0.1, 0.15) is 15.9 Å². The number of amides is 1. The van der Waals surface area contributed by atoms with Gasteiger partial charge in [-0.25, -0.2) is 24.0 Å². The maximum Gasteiger partial charge on any atom is 0.277 e. The Kier molecular flexibility index (Phi) is 7.63. The predicted octanol–water partition coefficient (Wildman–Crippen LogP) is 2.17. The van der Waals surface area contributed by atoms with Gasteiger partial charge in [-0.1, -0.05) is 30.3 Å². The lowest BCUT2D eigenvalue weighted by molar-refractivity contribution is 0.0705. The first-order chi connectivity index (χ1) is 16.4. The summed E-state index contributed by atoms with van der Waals surface area (Å²) in [5.74, 6) is -0.153. The Labute approximate surface area is 201 Å². The fourth-order valence-corrected chi connectivity index (χ4v) is 5.01. The number of rotatable bonds is 7. The van der Waals surface area contributed by atoms with Gasteiger partial charge in [-0.15, -0.1) is 0 Å². The van der Waals surface area contributed by atoms with E-state index < -0.39 is 16.9 Å². The van der Waals surface area contributed by atoms with Crippen LogP contribution >= 0.6 is 0 Å². The van der Waals surface area contributed by atoms with Gasteiger partial charge in [0, 0.05) is 45.1 Å². The van der Waals surface area contributed by atoms with Crippen LogP contribution in [-0.4, -0.2) is 74.8 Å². The van der Waals surface area contributed by atoms with Crippen LogP contribution in [0, 0.1) is 0 Å². The first kappa shape index (κ1) is 24.0. The second-order valence-corrected chi connectivity index (χ2v) is 9.83. The number of hydrogen-bond acceptors (Lipinski definition) is 7. The summed E-state index contributed by atoms with van der Waals surface area (Å²) in [5, 5.41) is 8.69. The molecule has 1 aliphatic rings. The van der Waals surface area contributed by atoms with Crippen molar-refractivity contribution in [3.05, 3.63) is 72.1 Å². The Morgan fingerprint density at radius 3 is 2.32 bits per heavy atom. The summed E-state index contributed by atoms with van der Waals surface area (Å²) in [6.45, 7) is 3.32. The molecule has 0 saturated carbocycles. The normalized spacial score (nSPS) is 15.4. The number of piperazine rings is 1. The molecule has 9 nitrogen and oxygen atoms in total. The zero-order valence-electron chi connectivity index (χ0n) is 19.2. The minimum atomic E-state index is -1.25. The Morgan fingerprint density at radius 1 is 1.03 bits per heavy atom. The topological polar surface area (TPSA) is 102 Å². The Bertz CT molecular complexity index is 1150. The van der Waals surface area contributed by atoms with Crippen LogP contribution in [0.5, 0.6) is 0 Å². The number of carbonyl (C=O) groups excluding carboxylic acids is 1. The molecule has 0 aliphatic carbocycles. The van der Waals surface area contributed by atoms with Crippen molar-refractivity contribution in [2.45, 2.75) is 11.4 Å². The highest BCUT2D eigenvalue weighted by Crippen LogP contribution is 2.24. The molecule has 2 aromatic carbocycles. The average Bonchev–Trinajstić information content (AvgIpc) is 2.88. The van der Waals surface area contributed by atoms with Crippen LogP contribution in [0.2, 0.25) is 0 Å². The quantitative estimate of drug-likeness (QED) is 0.395. The summed E-state index contributed by atoms with van der Waals surface area (Å²) in [4.78, 5) is 24.7. The van der Waals surface area contributed by atoms with Crippen LogP contribution in [0.15, 0.2) is 65.8 Å². The molecule has 0 radical (unpaired) electrons. The number of benzene rings is 2. The first-order valence-electron chi connectivity index (χ1n) is 11.0. The van der Waals surface area contributed by atoms with Gasteiger partial charge in [0.25, 0.3) is 5.91 Å². The minimum absolute atomic E-state index is 0.180. The van der Waals surface area contributed by atoms with Crippen molar-refractivity contribution in [3.63, 3.8) is 0 Å². The smallest absolute Gasteiger partial charge is 0.277 e. The number of nitrogens with one attached hydrogen (secondary N) is 1. The van der Waals surface area contributed by atoms with Gasteiger partial charge in [0.2, 0.25) is 5.95 Å². The van der Waals surface area contributed by atoms with Gasteiger partial charge in [0.1, 0.15) is 11.0 Å². The van der Waals surface area contributed by atoms with Gasteiger partial charge < -0.3 is 9.80 Å². The number of anilines is 1. The molecule has 1 fully saturated rings. The van der Waals surface area contributed by atoms with Gasteiger partial charge in [-0.2, -0.15) is 0 Å². The van der Waals surface area contributed by atoms with Crippen molar-refractivity contribution in [1.82, 2.24) is 24.7 Å². The van der Waals surface area contributed by atoms with Crippen LogP contribution in [-0.2, 0) is 17.5 Å². The number of hydroxylamine groups is 1. The zero-order valence-corrected chi connectivity index (χ0v) is 20.0. The van der Waals surface area contributed by atoms with E-state index in [4.69, 9.17) is 5.21 Å². The Hall–Kier alpha value is -3.18. The number of carbonyl (C=O) groups is 1. The van der Waals surface area contributed by atoms with Gasteiger partial charge in [0.15, 0.2) is 0 Å². The highest BCUT2D eigenvalue weighted by atomic mass is 32.2. The first-order valence-corrected chi connectivity index (χ1v) is 12.1. The molecule has 178 valence electrons. The third kappa shape index (κ3) is 5.65. The Balaban J connectivity index is 1.36. The van der Waals surface area contributed by atoms with E-state index in [0.29, 0.717) is 32.1 Å². The standard InChI is InChI=1S/C24H28N6O3S/c1-28(2)17-18-4-3-5-20(14-18)19-6-8-22(9-7-19)34(33)30-12-10-29(11-13-30)24-25-15-21(16-26-24)23(31)27-32/h3-9,14-16,32H,10-13,17H2,1-2H3,(H,27,31). The monoisotopic (exact) mass is 480 g/mol. The molecule has 0 spiro atoms. The third-order valence-corrected chi connectivity index (χ3v) is 7.08. The summed E-state index contributed by atoms with van der Waals surface area (Å²) in [7, 11) is 2.86. The molecular formula is C24H28N6O3S. The summed E-state index contributed by atoms with van der Waals surface area (Å²) in [6.07, 6.45) is 2.74. The molecule has 1 saturated heterocycles. The fourth-order valence-electron chi connectivity index (χ4n) is 3.85. The molecule has 34 heavy (non-hydrogen) atoms. The fraction of sp³-hybridized carbons (Fsp3) is 0.292. The summed E-state index contributed by atoms with van der Waals surface area (Å²) >= 11 is 0. The summed E-state index contributed by atoms with van der Waals surface area (Å²) in [5.41, 5.74) is 5.24. The number of nitrogens with zero attached hydrogens (tertiary/aromatic N) is 5. The molecule has 1 aliphatic heterocycles. The molecule has 4 rings (SSSR count). The van der Waals surface area contributed by atoms with E-state index in [2.05, 4.69) is 53.2 Å². The van der Waals surface area contributed by atoms with E-state index in [0.717, 1.165) is 22.6 Å². The van der Waals surface area contributed by atoms with Crippen molar-refractivity contribution in [2.24, 2.45) is 0 Å². The van der Waals surface area contributed by atoms with E-state index in [-0.39, 0.29) is 5.56 Å². The van der Waals surface area contributed by atoms with Gasteiger partial charge in [-0.3, -0.25) is 10.0 Å². The SMILES string of the molecule is CN(C)Cc1cccc(-c2ccc(S(=O)N3CCN(c4ncc(C(=O)NO)cn4)CC3)cc2)c1.